The maximum Gasteiger partial charge on any atom is 0.309 e. The molecule has 138 valence electrons. The molecule has 0 saturated carbocycles. The van der Waals surface area contributed by atoms with E-state index in [1.165, 1.54) is 0 Å². The summed E-state index contributed by atoms with van der Waals surface area (Å²) in [4.78, 5) is 26.0. The van der Waals surface area contributed by atoms with Crippen molar-refractivity contribution in [3.05, 3.63) is 41.0 Å². The van der Waals surface area contributed by atoms with Gasteiger partial charge in [0, 0.05) is 29.7 Å². The van der Waals surface area contributed by atoms with E-state index in [1.807, 2.05) is 12.1 Å². The van der Waals surface area contributed by atoms with Crippen LogP contribution in [-0.4, -0.2) is 41.6 Å². The third-order valence-corrected chi connectivity index (χ3v) is 4.74. The van der Waals surface area contributed by atoms with Crippen LogP contribution < -0.4 is 0 Å². The van der Waals surface area contributed by atoms with Crippen molar-refractivity contribution >= 4 is 23.5 Å². The maximum atomic E-state index is 12.5. The van der Waals surface area contributed by atoms with Crippen LogP contribution in [0.1, 0.15) is 25.5 Å². The quantitative estimate of drug-likeness (QED) is 0.748. The summed E-state index contributed by atoms with van der Waals surface area (Å²) < 4.78 is 10.4. The molecule has 7 heteroatoms. The highest BCUT2D eigenvalue weighted by Gasteiger charge is 2.28. The fourth-order valence-electron chi connectivity index (χ4n) is 3.04. The number of esters is 1. The van der Waals surface area contributed by atoms with E-state index in [1.54, 1.807) is 30.0 Å². The molecule has 0 atom stereocenters. The smallest absolute Gasteiger partial charge is 0.309 e. The van der Waals surface area contributed by atoms with Crippen LogP contribution in [0.2, 0.25) is 5.02 Å². The normalized spacial score (nSPS) is 15.1. The van der Waals surface area contributed by atoms with Crippen molar-refractivity contribution in [3.63, 3.8) is 0 Å². The van der Waals surface area contributed by atoms with Crippen molar-refractivity contribution in [2.75, 3.05) is 19.7 Å². The summed E-state index contributed by atoms with van der Waals surface area (Å²) in [5, 5.41) is 4.64. The van der Waals surface area contributed by atoms with Crippen molar-refractivity contribution in [3.8, 4) is 11.3 Å². The van der Waals surface area contributed by atoms with Crippen LogP contribution >= 0.6 is 11.6 Å². The number of likely N-dealkylation sites (tertiary alicyclic amines) is 1. The van der Waals surface area contributed by atoms with Gasteiger partial charge < -0.3 is 14.2 Å². The Balaban J connectivity index is 1.54. The van der Waals surface area contributed by atoms with Gasteiger partial charge in [0.2, 0.25) is 5.91 Å². The summed E-state index contributed by atoms with van der Waals surface area (Å²) in [6, 6.07) is 9.01. The van der Waals surface area contributed by atoms with Gasteiger partial charge in [-0.1, -0.05) is 16.8 Å². The number of nitrogens with zero attached hydrogens (tertiary/aromatic N) is 2. The number of hydrogen-bond acceptors (Lipinski definition) is 5. The van der Waals surface area contributed by atoms with E-state index >= 15 is 0 Å². The van der Waals surface area contributed by atoms with Gasteiger partial charge in [0.25, 0.3) is 0 Å². The standard InChI is InChI=1S/C19H21ClN2O4/c1-2-25-19(24)14-7-9-22(10-8-14)18(23)12-16-11-17(26-21-16)13-3-5-15(20)6-4-13/h3-6,11,14H,2,7-10,12H2,1H3. The minimum Gasteiger partial charge on any atom is -0.466 e. The van der Waals surface area contributed by atoms with Crippen LogP contribution in [-0.2, 0) is 20.7 Å². The lowest BCUT2D eigenvalue weighted by molar-refractivity contribution is -0.151. The Morgan fingerprint density at radius 1 is 1.27 bits per heavy atom. The number of carbonyl (C=O) groups excluding carboxylic acids is 2. The fourth-order valence-corrected chi connectivity index (χ4v) is 3.16. The highest BCUT2D eigenvalue weighted by atomic mass is 35.5. The molecular formula is C19H21ClN2O4. The average Bonchev–Trinajstić information content (AvgIpc) is 3.11. The van der Waals surface area contributed by atoms with Crippen LogP contribution in [0, 0.1) is 5.92 Å². The molecule has 0 aliphatic carbocycles. The Kier molecular flexibility index (Phi) is 5.93. The largest absolute Gasteiger partial charge is 0.466 e. The molecule has 6 nitrogen and oxygen atoms in total. The first kappa shape index (κ1) is 18.5. The van der Waals surface area contributed by atoms with Crippen LogP contribution in [0.3, 0.4) is 0 Å². The molecule has 0 spiro atoms. The van der Waals surface area contributed by atoms with Crippen LogP contribution in [0.5, 0.6) is 0 Å². The lowest BCUT2D eigenvalue weighted by Gasteiger charge is -2.30. The molecule has 1 aliphatic heterocycles. The first-order valence-corrected chi connectivity index (χ1v) is 9.10. The number of benzene rings is 1. The van der Waals surface area contributed by atoms with E-state index in [-0.39, 0.29) is 24.2 Å². The van der Waals surface area contributed by atoms with E-state index in [2.05, 4.69) is 5.16 Å². The summed E-state index contributed by atoms with van der Waals surface area (Å²) >= 11 is 5.88. The van der Waals surface area contributed by atoms with Crippen molar-refractivity contribution in [1.82, 2.24) is 10.1 Å². The topological polar surface area (TPSA) is 72.6 Å². The zero-order chi connectivity index (χ0) is 18.5. The lowest BCUT2D eigenvalue weighted by atomic mass is 9.96. The Morgan fingerprint density at radius 3 is 2.62 bits per heavy atom. The molecule has 0 radical (unpaired) electrons. The molecule has 1 amide bonds. The minimum absolute atomic E-state index is 0.0109. The number of hydrogen-bond donors (Lipinski definition) is 0. The van der Waals surface area contributed by atoms with Gasteiger partial charge in [0.05, 0.1) is 24.6 Å². The Labute approximate surface area is 157 Å². The summed E-state index contributed by atoms with van der Waals surface area (Å²) in [6.07, 6.45) is 1.46. The number of rotatable bonds is 5. The van der Waals surface area contributed by atoms with Crippen molar-refractivity contribution < 1.29 is 18.8 Å². The fraction of sp³-hybridized carbons (Fsp3) is 0.421. The summed E-state index contributed by atoms with van der Waals surface area (Å²) in [5.41, 5.74) is 1.45. The van der Waals surface area contributed by atoms with Crippen LogP contribution in [0.15, 0.2) is 34.9 Å². The second-order valence-electron chi connectivity index (χ2n) is 6.27. The van der Waals surface area contributed by atoms with E-state index in [0.29, 0.717) is 49.0 Å². The first-order chi connectivity index (χ1) is 12.6. The number of carbonyl (C=O) groups is 2. The third-order valence-electron chi connectivity index (χ3n) is 4.49. The SMILES string of the molecule is CCOC(=O)C1CCN(C(=O)Cc2cc(-c3ccc(Cl)cc3)on2)CC1. The minimum atomic E-state index is -0.163. The molecular weight excluding hydrogens is 356 g/mol. The summed E-state index contributed by atoms with van der Waals surface area (Å²) in [5.74, 6) is 0.319. The van der Waals surface area contributed by atoms with Gasteiger partial charge in [0.15, 0.2) is 5.76 Å². The molecule has 2 aromatic rings. The van der Waals surface area contributed by atoms with E-state index in [0.717, 1.165) is 5.56 Å². The Bertz CT molecular complexity index is 764. The van der Waals surface area contributed by atoms with Crippen LogP contribution in [0.25, 0.3) is 11.3 Å². The molecule has 1 aliphatic rings. The molecule has 0 N–H and O–H groups in total. The maximum absolute atomic E-state index is 12.5. The van der Waals surface area contributed by atoms with Crippen molar-refractivity contribution in [2.24, 2.45) is 5.92 Å². The molecule has 1 saturated heterocycles. The lowest BCUT2D eigenvalue weighted by Crippen LogP contribution is -2.41. The summed E-state index contributed by atoms with van der Waals surface area (Å²) in [6.45, 7) is 3.31. The molecule has 0 unspecified atom stereocenters. The first-order valence-electron chi connectivity index (χ1n) is 8.72. The van der Waals surface area contributed by atoms with Crippen molar-refractivity contribution in [1.29, 1.82) is 0 Å². The van der Waals surface area contributed by atoms with Crippen LogP contribution in [0.4, 0.5) is 0 Å². The van der Waals surface area contributed by atoms with Gasteiger partial charge in [-0.15, -0.1) is 0 Å². The predicted molar refractivity (Wildman–Crippen MR) is 96.6 cm³/mol. The van der Waals surface area contributed by atoms with Gasteiger partial charge >= 0.3 is 5.97 Å². The predicted octanol–water partition coefficient (Wildman–Crippen LogP) is 3.34. The van der Waals surface area contributed by atoms with Gasteiger partial charge in [-0.05, 0) is 44.0 Å². The van der Waals surface area contributed by atoms with Gasteiger partial charge in [-0.2, -0.15) is 0 Å². The zero-order valence-corrected chi connectivity index (χ0v) is 15.4. The number of aromatic nitrogens is 1. The summed E-state index contributed by atoms with van der Waals surface area (Å²) in [7, 11) is 0. The molecule has 1 fully saturated rings. The van der Waals surface area contributed by atoms with E-state index in [9.17, 15) is 9.59 Å². The molecule has 3 rings (SSSR count). The van der Waals surface area contributed by atoms with Gasteiger partial charge in [-0.25, -0.2) is 0 Å². The van der Waals surface area contributed by atoms with E-state index < -0.39 is 0 Å². The molecule has 2 heterocycles. The van der Waals surface area contributed by atoms with Gasteiger partial charge in [-0.3, -0.25) is 9.59 Å². The Morgan fingerprint density at radius 2 is 1.96 bits per heavy atom. The van der Waals surface area contributed by atoms with Gasteiger partial charge in [0.1, 0.15) is 0 Å². The second-order valence-corrected chi connectivity index (χ2v) is 6.71. The molecule has 0 bridgehead atoms. The van der Waals surface area contributed by atoms with E-state index in [4.69, 9.17) is 20.9 Å². The number of piperidine rings is 1. The van der Waals surface area contributed by atoms with Crippen molar-refractivity contribution in [2.45, 2.75) is 26.2 Å². The number of halogens is 1. The molecule has 1 aromatic heterocycles. The zero-order valence-electron chi connectivity index (χ0n) is 14.6. The monoisotopic (exact) mass is 376 g/mol. The second kappa shape index (κ2) is 8.36. The third kappa shape index (κ3) is 4.43. The molecule has 26 heavy (non-hydrogen) atoms. The number of amides is 1. The number of ether oxygens (including phenoxy) is 1. The molecule has 1 aromatic carbocycles. The highest BCUT2D eigenvalue weighted by molar-refractivity contribution is 6.30. The average molecular weight is 377 g/mol. The highest BCUT2D eigenvalue weighted by Crippen LogP contribution is 2.23. The Hall–Kier alpha value is -2.34.